The molecule has 3 heterocycles. The Labute approximate surface area is 185 Å². The fourth-order valence-corrected chi connectivity index (χ4v) is 6.44. The SMILES string of the molecule is CCn1cc(C(=O)O)c(=O)c2c3cc(N4CC5(C)CC4CC(C)(C)C5)c(F)cc3ncc21. The van der Waals surface area contributed by atoms with Crippen LogP contribution in [0.25, 0.3) is 21.8 Å². The van der Waals surface area contributed by atoms with E-state index in [0.717, 1.165) is 25.8 Å². The summed E-state index contributed by atoms with van der Waals surface area (Å²) >= 11 is 0. The molecule has 7 heteroatoms. The number of benzene rings is 1. The summed E-state index contributed by atoms with van der Waals surface area (Å²) in [6.45, 7) is 9.95. The zero-order valence-electron chi connectivity index (χ0n) is 18.9. The lowest BCUT2D eigenvalue weighted by Crippen LogP contribution is -2.35. The van der Waals surface area contributed by atoms with E-state index < -0.39 is 11.4 Å². The first-order chi connectivity index (χ1) is 15.0. The van der Waals surface area contributed by atoms with Crippen LogP contribution in [0, 0.1) is 16.6 Å². The molecule has 1 aliphatic heterocycles. The molecule has 1 saturated carbocycles. The molecular formula is C25H28FN3O3. The van der Waals surface area contributed by atoms with Gasteiger partial charge < -0.3 is 14.6 Å². The largest absolute Gasteiger partial charge is 0.477 e. The minimum absolute atomic E-state index is 0.121. The van der Waals surface area contributed by atoms with Gasteiger partial charge in [0.05, 0.1) is 28.3 Å². The Kier molecular flexibility index (Phi) is 4.42. The maximum Gasteiger partial charge on any atom is 0.341 e. The molecule has 3 aromatic rings. The van der Waals surface area contributed by atoms with E-state index in [2.05, 4.69) is 30.7 Å². The number of pyridine rings is 2. The number of nitrogens with zero attached hydrogens (tertiary/aromatic N) is 3. The Morgan fingerprint density at radius 1 is 1.28 bits per heavy atom. The molecule has 32 heavy (non-hydrogen) atoms. The molecule has 5 rings (SSSR count). The van der Waals surface area contributed by atoms with Crippen molar-refractivity contribution >= 4 is 33.5 Å². The number of aromatic nitrogens is 2. The number of carboxylic acids is 1. The van der Waals surface area contributed by atoms with Crippen molar-refractivity contribution < 1.29 is 14.3 Å². The van der Waals surface area contributed by atoms with Gasteiger partial charge in [0.2, 0.25) is 5.43 Å². The van der Waals surface area contributed by atoms with Gasteiger partial charge in [-0.2, -0.15) is 0 Å². The predicted molar refractivity (Wildman–Crippen MR) is 123 cm³/mol. The van der Waals surface area contributed by atoms with Crippen molar-refractivity contribution in [3.63, 3.8) is 0 Å². The summed E-state index contributed by atoms with van der Waals surface area (Å²) in [5.41, 5.74) is 0.853. The summed E-state index contributed by atoms with van der Waals surface area (Å²) in [6, 6.07) is 3.33. The second kappa shape index (κ2) is 6.77. The number of hydrogen-bond donors (Lipinski definition) is 1. The summed E-state index contributed by atoms with van der Waals surface area (Å²) < 4.78 is 17.1. The first kappa shape index (κ1) is 20.9. The van der Waals surface area contributed by atoms with E-state index in [-0.39, 0.29) is 33.6 Å². The third kappa shape index (κ3) is 3.09. The van der Waals surface area contributed by atoms with Gasteiger partial charge in [-0.05, 0) is 43.1 Å². The normalized spacial score (nSPS) is 24.4. The molecule has 0 radical (unpaired) electrons. The average Bonchev–Trinajstić information content (AvgIpc) is 2.95. The van der Waals surface area contributed by atoms with Crippen LogP contribution in [0.15, 0.2) is 29.3 Å². The van der Waals surface area contributed by atoms with Crippen LogP contribution in [-0.4, -0.2) is 33.2 Å². The quantitative estimate of drug-likeness (QED) is 0.595. The van der Waals surface area contributed by atoms with E-state index in [9.17, 15) is 14.7 Å². The van der Waals surface area contributed by atoms with Crippen LogP contribution in [0.5, 0.6) is 0 Å². The van der Waals surface area contributed by atoms with Gasteiger partial charge in [-0.3, -0.25) is 9.78 Å². The lowest BCUT2D eigenvalue weighted by molar-refractivity contribution is 0.0695. The molecule has 2 bridgehead atoms. The Hall–Kier alpha value is -2.96. The molecule has 2 aliphatic rings. The lowest BCUT2D eigenvalue weighted by Gasteiger charge is -2.39. The molecule has 0 spiro atoms. The Morgan fingerprint density at radius 2 is 2.03 bits per heavy atom. The Bertz CT molecular complexity index is 1350. The van der Waals surface area contributed by atoms with Crippen molar-refractivity contribution in [1.29, 1.82) is 0 Å². The monoisotopic (exact) mass is 437 g/mol. The molecule has 2 aromatic heterocycles. The fraction of sp³-hybridized carbons (Fsp3) is 0.480. The Balaban J connectivity index is 1.77. The molecule has 1 saturated heterocycles. The standard InChI is InChI=1S/C25H28FN3O3/c1-5-28-11-16(23(31)32)22(30)21-15-6-19(17(26)7-18(15)27-10-20(21)28)29-13-25(4)9-14(29)8-24(2,3)12-25/h6-7,10-11,14H,5,8-9,12-13H2,1-4H3,(H,31,32). The van der Waals surface area contributed by atoms with Crippen molar-refractivity contribution in [2.75, 3.05) is 11.4 Å². The smallest absolute Gasteiger partial charge is 0.341 e. The number of carboxylic acid groups (broad SMARTS) is 1. The maximum atomic E-state index is 15.3. The second-order valence-corrected chi connectivity index (χ2v) is 10.6. The fourth-order valence-electron chi connectivity index (χ4n) is 6.44. The van der Waals surface area contributed by atoms with Crippen LogP contribution in [0.1, 0.15) is 57.3 Å². The van der Waals surface area contributed by atoms with Crippen LogP contribution < -0.4 is 10.3 Å². The lowest BCUT2D eigenvalue weighted by atomic mass is 9.65. The molecule has 1 N–H and O–H groups in total. The van der Waals surface area contributed by atoms with Gasteiger partial charge in [-0.15, -0.1) is 0 Å². The van der Waals surface area contributed by atoms with E-state index in [4.69, 9.17) is 0 Å². The number of halogens is 1. The van der Waals surface area contributed by atoms with Gasteiger partial charge in [-0.1, -0.05) is 20.8 Å². The van der Waals surface area contributed by atoms with Crippen LogP contribution in [0.2, 0.25) is 0 Å². The molecular weight excluding hydrogens is 409 g/mol. The van der Waals surface area contributed by atoms with Gasteiger partial charge in [0.25, 0.3) is 0 Å². The third-order valence-electron chi connectivity index (χ3n) is 7.28. The third-order valence-corrected chi connectivity index (χ3v) is 7.28. The van der Waals surface area contributed by atoms with E-state index in [1.165, 1.54) is 18.5 Å². The first-order valence-corrected chi connectivity index (χ1v) is 11.2. The average molecular weight is 438 g/mol. The highest BCUT2D eigenvalue weighted by Crippen LogP contribution is 2.53. The minimum atomic E-state index is -1.27. The van der Waals surface area contributed by atoms with Crippen molar-refractivity contribution in [3.05, 3.63) is 46.1 Å². The highest BCUT2D eigenvalue weighted by molar-refractivity contribution is 6.07. The highest BCUT2D eigenvalue weighted by atomic mass is 19.1. The summed E-state index contributed by atoms with van der Waals surface area (Å²) in [6.07, 6.45) is 5.99. The number of fused-ring (bicyclic) bond motifs is 5. The molecule has 2 fully saturated rings. The zero-order valence-corrected chi connectivity index (χ0v) is 18.9. The van der Waals surface area contributed by atoms with Crippen molar-refractivity contribution in [2.24, 2.45) is 10.8 Å². The number of anilines is 1. The van der Waals surface area contributed by atoms with E-state index in [1.807, 2.05) is 6.92 Å². The summed E-state index contributed by atoms with van der Waals surface area (Å²) in [5.74, 6) is -1.63. The molecule has 2 unspecified atom stereocenters. The van der Waals surface area contributed by atoms with E-state index in [0.29, 0.717) is 28.7 Å². The van der Waals surface area contributed by atoms with Crippen molar-refractivity contribution in [1.82, 2.24) is 9.55 Å². The van der Waals surface area contributed by atoms with Crippen molar-refractivity contribution in [3.8, 4) is 0 Å². The van der Waals surface area contributed by atoms with Gasteiger partial charge in [0.15, 0.2) is 0 Å². The maximum absolute atomic E-state index is 15.3. The highest BCUT2D eigenvalue weighted by Gasteiger charge is 2.50. The molecule has 2 atom stereocenters. The van der Waals surface area contributed by atoms with Crippen LogP contribution in [-0.2, 0) is 6.54 Å². The second-order valence-electron chi connectivity index (χ2n) is 10.6. The van der Waals surface area contributed by atoms with Crippen molar-refractivity contribution in [2.45, 2.75) is 59.5 Å². The van der Waals surface area contributed by atoms with Gasteiger partial charge >= 0.3 is 5.97 Å². The molecule has 168 valence electrons. The van der Waals surface area contributed by atoms with Gasteiger partial charge in [0, 0.05) is 36.8 Å². The molecule has 6 nitrogen and oxygen atoms in total. The van der Waals surface area contributed by atoms with Gasteiger partial charge in [-0.25, -0.2) is 9.18 Å². The topological polar surface area (TPSA) is 75.4 Å². The summed E-state index contributed by atoms with van der Waals surface area (Å²) in [7, 11) is 0. The van der Waals surface area contributed by atoms with E-state index in [1.54, 1.807) is 10.6 Å². The first-order valence-electron chi connectivity index (χ1n) is 11.2. The Morgan fingerprint density at radius 3 is 2.72 bits per heavy atom. The summed E-state index contributed by atoms with van der Waals surface area (Å²) in [4.78, 5) is 31.4. The number of hydrogen-bond acceptors (Lipinski definition) is 4. The summed E-state index contributed by atoms with van der Waals surface area (Å²) in [5, 5.41) is 10.4. The number of rotatable bonds is 3. The van der Waals surface area contributed by atoms with Gasteiger partial charge in [0.1, 0.15) is 11.4 Å². The molecule has 1 aliphatic carbocycles. The number of aryl methyl sites for hydroxylation is 1. The zero-order chi connectivity index (χ0) is 23.0. The van der Waals surface area contributed by atoms with Crippen LogP contribution >= 0.6 is 0 Å². The van der Waals surface area contributed by atoms with Crippen LogP contribution in [0.3, 0.4) is 0 Å². The minimum Gasteiger partial charge on any atom is -0.477 e. The molecule has 1 aromatic carbocycles. The number of aromatic carboxylic acids is 1. The van der Waals surface area contributed by atoms with Crippen LogP contribution in [0.4, 0.5) is 10.1 Å². The van der Waals surface area contributed by atoms with E-state index >= 15 is 4.39 Å². The number of carbonyl (C=O) groups is 1. The molecule has 0 amide bonds. The predicted octanol–water partition coefficient (Wildman–Crippen LogP) is 4.81.